The standard InChI is InChI=1S/C20H23FN2O3/c1-13(2)18(19(24)22-17-11-7-10-16(21)14(17)3)23-20(25)26-12-15-8-5-4-6-9-15/h4-11,13,18H,12H2,1-3H3,(H,22,24)(H,23,25)/t18-/m0/s1. The van der Waals surface area contributed by atoms with Crippen LogP contribution in [0.15, 0.2) is 48.5 Å². The van der Waals surface area contributed by atoms with Crippen molar-refractivity contribution >= 4 is 17.7 Å². The van der Waals surface area contributed by atoms with Gasteiger partial charge in [-0.2, -0.15) is 0 Å². The Labute approximate surface area is 152 Å². The van der Waals surface area contributed by atoms with Gasteiger partial charge in [-0.25, -0.2) is 9.18 Å². The van der Waals surface area contributed by atoms with Gasteiger partial charge in [0.05, 0.1) is 0 Å². The summed E-state index contributed by atoms with van der Waals surface area (Å²) in [5.41, 5.74) is 1.57. The number of benzene rings is 2. The third-order valence-corrected chi connectivity index (χ3v) is 3.96. The van der Waals surface area contributed by atoms with Crippen LogP contribution in [0.2, 0.25) is 0 Å². The summed E-state index contributed by atoms with van der Waals surface area (Å²) in [6, 6.07) is 12.9. The molecular formula is C20H23FN2O3. The smallest absolute Gasteiger partial charge is 0.408 e. The van der Waals surface area contributed by atoms with Crippen LogP contribution >= 0.6 is 0 Å². The number of anilines is 1. The molecule has 0 saturated carbocycles. The molecule has 0 spiro atoms. The number of ether oxygens (including phenoxy) is 1. The number of rotatable bonds is 6. The van der Waals surface area contributed by atoms with E-state index < -0.39 is 23.9 Å². The Morgan fingerprint density at radius 3 is 2.42 bits per heavy atom. The first-order valence-electron chi connectivity index (χ1n) is 8.41. The van der Waals surface area contributed by atoms with Crippen molar-refractivity contribution in [2.75, 3.05) is 5.32 Å². The monoisotopic (exact) mass is 358 g/mol. The summed E-state index contributed by atoms with van der Waals surface area (Å²) in [4.78, 5) is 24.6. The Morgan fingerprint density at radius 2 is 1.77 bits per heavy atom. The van der Waals surface area contributed by atoms with Crippen LogP contribution in [-0.2, 0) is 16.1 Å². The molecule has 0 aliphatic rings. The largest absolute Gasteiger partial charge is 0.445 e. The number of hydrogen-bond acceptors (Lipinski definition) is 3. The predicted molar refractivity (Wildman–Crippen MR) is 98.2 cm³/mol. The van der Waals surface area contributed by atoms with E-state index in [1.807, 2.05) is 30.3 Å². The van der Waals surface area contributed by atoms with Gasteiger partial charge >= 0.3 is 6.09 Å². The fraction of sp³-hybridized carbons (Fsp3) is 0.300. The van der Waals surface area contributed by atoms with E-state index >= 15 is 0 Å². The Hall–Kier alpha value is -2.89. The van der Waals surface area contributed by atoms with Crippen LogP contribution in [-0.4, -0.2) is 18.0 Å². The van der Waals surface area contributed by atoms with Gasteiger partial charge in [-0.15, -0.1) is 0 Å². The Bertz CT molecular complexity index is 763. The van der Waals surface area contributed by atoms with Crippen LogP contribution in [0.4, 0.5) is 14.9 Å². The average molecular weight is 358 g/mol. The lowest BCUT2D eigenvalue weighted by Crippen LogP contribution is -2.47. The van der Waals surface area contributed by atoms with Crippen LogP contribution < -0.4 is 10.6 Å². The van der Waals surface area contributed by atoms with Gasteiger partial charge in [0, 0.05) is 11.3 Å². The van der Waals surface area contributed by atoms with E-state index in [4.69, 9.17) is 4.74 Å². The van der Waals surface area contributed by atoms with Crippen molar-refractivity contribution in [3.05, 3.63) is 65.5 Å². The highest BCUT2D eigenvalue weighted by Crippen LogP contribution is 2.18. The van der Waals surface area contributed by atoms with E-state index in [1.165, 1.54) is 12.1 Å². The molecule has 2 aromatic rings. The van der Waals surface area contributed by atoms with E-state index in [2.05, 4.69) is 10.6 Å². The SMILES string of the molecule is Cc1c(F)cccc1NC(=O)[C@@H](NC(=O)OCc1ccccc1)C(C)C. The minimum Gasteiger partial charge on any atom is -0.445 e. The highest BCUT2D eigenvalue weighted by atomic mass is 19.1. The molecule has 0 aliphatic heterocycles. The third kappa shape index (κ3) is 5.31. The van der Waals surface area contributed by atoms with E-state index in [-0.39, 0.29) is 12.5 Å². The summed E-state index contributed by atoms with van der Waals surface area (Å²) in [5, 5.41) is 5.24. The number of alkyl carbamates (subject to hydrolysis) is 1. The Kier molecular flexibility index (Phi) is 6.72. The quantitative estimate of drug-likeness (QED) is 0.819. The molecule has 0 heterocycles. The van der Waals surface area contributed by atoms with E-state index in [9.17, 15) is 14.0 Å². The van der Waals surface area contributed by atoms with Gasteiger partial charge in [0.25, 0.3) is 0 Å². The molecule has 138 valence electrons. The van der Waals surface area contributed by atoms with Gasteiger partial charge in [0.15, 0.2) is 0 Å². The van der Waals surface area contributed by atoms with Gasteiger partial charge in [-0.05, 0) is 30.5 Å². The molecule has 0 radical (unpaired) electrons. The second-order valence-electron chi connectivity index (χ2n) is 6.33. The van der Waals surface area contributed by atoms with E-state index in [0.717, 1.165) is 5.56 Å². The third-order valence-electron chi connectivity index (χ3n) is 3.96. The summed E-state index contributed by atoms with van der Waals surface area (Å²) in [5.74, 6) is -1.00. The topological polar surface area (TPSA) is 67.4 Å². The molecule has 0 fully saturated rings. The van der Waals surface area contributed by atoms with Gasteiger partial charge in [-0.1, -0.05) is 50.2 Å². The molecule has 0 saturated heterocycles. The summed E-state index contributed by atoms with van der Waals surface area (Å²) in [6.45, 7) is 5.30. The Morgan fingerprint density at radius 1 is 1.08 bits per heavy atom. The van der Waals surface area contributed by atoms with Gasteiger partial charge < -0.3 is 15.4 Å². The lowest BCUT2D eigenvalue weighted by Gasteiger charge is -2.22. The highest BCUT2D eigenvalue weighted by molar-refractivity contribution is 5.97. The number of halogens is 1. The summed E-state index contributed by atoms with van der Waals surface area (Å²) >= 11 is 0. The number of carbonyl (C=O) groups is 2. The van der Waals surface area contributed by atoms with Crippen molar-refractivity contribution in [1.82, 2.24) is 5.32 Å². The van der Waals surface area contributed by atoms with Gasteiger partial charge in [0.2, 0.25) is 5.91 Å². The fourth-order valence-corrected chi connectivity index (χ4v) is 2.38. The summed E-state index contributed by atoms with van der Waals surface area (Å²) in [6.07, 6.45) is -0.682. The summed E-state index contributed by atoms with van der Waals surface area (Å²) in [7, 11) is 0. The zero-order valence-corrected chi connectivity index (χ0v) is 15.1. The van der Waals surface area contributed by atoms with E-state index in [0.29, 0.717) is 11.3 Å². The molecule has 0 unspecified atom stereocenters. The van der Waals surface area contributed by atoms with Crippen molar-refractivity contribution in [3.63, 3.8) is 0 Å². The second kappa shape index (κ2) is 8.99. The van der Waals surface area contributed by atoms with Crippen LogP contribution in [0.3, 0.4) is 0 Å². The molecule has 2 rings (SSSR count). The maximum absolute atomic E-state index is 13.6. The lowest BCUT2D eigenvalue weighted by molar-refractivity contribution is -0.119. The second-order valence-corrected chi connectivity index (χ2v) is 6.33. The molecule has 26 heavy (non-hydrogen) atoms. The zero-order chi connectivity index (χ0) is 19.1. The first-order valence-corrected chi connectivity index (χ1v) is 8.41. The van der Waals surface area contributed by atoms with Crippen LogP contribution in [0, 0.1) is 18.7 Å². The number of hydrogen-bond donors (Lipinski definition) is 2. The van der Waals surface area contributed by atoms with Crippen molar-refractivity contribution in [3.8, 4) is 0 Å². The molecule has 2 amide bonds. The molecule has 1 atom stereocenters. The maximum Gasteiger partial charge on any atom is 0.408 e. The lowest BCUT2D eigenvalue weighted by atomic mass is 10.0. The minimum absolute atomic E-state index is 0.113. The first-order chi connectivity index (χ1) is 12.4. The fourth-order valence-electron chi connectivity index (χ4n) is 2.38. The van der Waals surface area contributed by atoms with Gasteiger partial charge in [-0.3, -0.25) is 4.79 Å². The molecule has 0 bridgehead atoms. The van der Waals surface area contributed by atoms with Crippen molar-refractivity contribution in [1.29, 1.82) is 0 Å². The minimum atomic E-state index is -0.805. The highest BCUT2D eigenvalue weighted by Gasteiger charge is 2.25. The molecule has 2 N–H and O–H groups in total. The van der Waals surface area contributed by atoms with Crippen LogP contribution in [0.25, 0.3) is 0 Å². The van der Waals surface area contributed by atoms with Crippen molar-refractivity contribution in [2.45, 2.75) is 33.4 Å². The Balaban J connectivity index is 1.97. The van der Waals surface area contributed by atoms with Crippen molar-refractivity contribution < 1.29 is 18.7 Å². The maximum atomic E-state index is 13.6. The first kappa shape index (κ1) is 19.4. The number of nitrogens with one attached hydrogen (secondary N) is 2. The molecule has 5 nitrogen and oxygen atoms in total. The predicted octanol–water partition coefficient (Wildman–Crippen LogP) is 4.02. The molecule has 0 aromatic heterocycles. The molecule has 6 heteroatoms. The van der Waals surface area contributed by atoms with Gasteiger partial charge in [0.1, 0.15) is 18.5 Å². The normalized spacial score (nSPS) is 11.7. The van der Waals surface area contributed by atoms with E-state index in [1.54, 1.807) is 26.8 Å². The molecule has 2 aromatic carbocycles. The number of carbonyl (C=O) groups excluding carboxylic acids is 2. The van der Waals surface area contributed by atoms with Crippen molar-refractivity contribution in [2.24, 2.45) is 5.92 Å². The molecular weight excluding hydrogens is 335 g/mol. The number of amides is 2. The average Bonchev–Trinajstić information content (AvgIpc) is 2.62. The van der Waals surface area contributed by atoms with Crippen LogP contribution in [0.5, 0.6) is 0 Å². The van der Waals surface area contributed by atoms with Crippen LogP contribution in [0.1, 0.15) is 25.0 Å². The summed E-state index contributed by atoms with van der Waals surface area (Å²) < 4.78 is 18.8. The molecule has 0 aliphatic carbocycles. The zero-order valence-electron chi connectivity index (χ0n) is 15.1.